The number of hydrogen-bond acceptors (Lipinski definition) is 5. The number of benzene rings is 1. The van der Waals surface area contributed by atoms with E-state index in [2.05, 4.69) is 23.7 Å². The van der Waals surface area contributed by atoms with Gasteiger partial charge in [0.2, 0.25) is 5.78 Å². The van der Waals surface area contributed by atoms with Crippen molar-refractivity contribution in [2.45, 2.75) is 26.8 Å². The molecule has 1 fully saturated rings. The monoisotopic (exact) mass is 364 g/mol. The van der Waals surface area contributed by atoms with Gasteiger partial charge in [-0.1, -0.05) is 19.9 Å². The lowest BCUT2D eigenvalue weighted by atomic mass is 9.91. The lowest BCUT2D eigenvalue weighted by Crippen LogP contribution is -2.38. The van der Waals surface area contributed by atoms with E-state index in [0.29, 0.717) is 35.3 Å². The highest BCUT2D eigenvalue weighted by Crippen LogP contribution is 2.40. The number of pyridine rings is 1. The zero-order valence-electron chi connectivity index (χ0n) is 15.7. The summed E-state index contributed by atoms with van der Waals surface area (Å²) in [4.78, 5) is 19.2. The maximum atomic E-state index is 12.8. The number of carbonyl (C=O) groups is 1. The predicted molar refractivity (Wildman–Crippen MR) is 104 cm³/mol. The fourth-order valence-corrected chi connectivity index (χ4v) is 4.21. The summed E-state index contributed by atoms with van der Waals surface area (Å²) < 4.78 is 5.93. The van der Waals surface area contributed by atoms with Crippen molar-refractivity contribution in [1.29, 1.82) is 0 Å². The molecule has 0 radical (unpaired) electrons. The number of rotatable bonds is 3. The molecule has 1 aromatic carbocycles. The van der Waals surface area contributed by atoms with E-state index in [-0.39, 0.29) is 17.3 Å². The number of nitrogens with zero attached hydrogens (tertiary/aromatic N) is 2. The second-order valence-electron chi connectivity index (χ2n) is 7.81. The van der Waals surface area contributed by atoms with Gasteiger partial charge in [-0.3, -0.25) is 14.7 Å². The molecule has 5 heteroatoms. The molecule has 140 valence electrons. The highest BCUT2D eigenvalue weighted by atomic mass is 16.5. The molecule has 3 heterocycles. The van der Waals surface area contributed by atoms with Crippen LogP contribution in [0.25, 0.3) is 6.08 Å². The molecule has 0 bridgehead atoms. The topological polar surface area (TPSA) is 62.7 Å². The van der Waals surface area contributed by atoms with Gasteiger partial charge >= 0.3 is 0 Å². The van der Waals surface area contributed by atoms with E-state index in [4.69, 9.17) is 4.74 Å². The van der Waals surface area contributed by atoms with Crippen LogP contribution in [-0.4, -0.2) is 33.9 Å². The number of allylic oxidation sites excluding steroid dienone is 1. The van der Waals surface area contributed by atoms with Crippen molar-refractivity contribution in [3.05, 3.63) is 59.1 Å². The summed E-state index contributed by atoms with van der Waals surface area (Å²) in [6.07, 6.45) is 6.29. The molecule has 2 aliphatic rings. The third-order valence-corrected chi connectivity index (χ3v) is 5.22. The summed E-state index contributed by atoms with van der Waals surface area (Å²) in [6, 6.07) is 6.92. The van der Waals surface area contributed by atoms with E-state index in [1.165, 1.54) is 6.42 Å². The molecule has 1 aromatic heterocycles. The van der Waals surface area contributed by atoms with Crippen molar-refractivity contribution >= 4 is 11.9 Å². The summed E-state index contributed by atoms with van der Waals surface area (Å²) in [6.45, 7) is 7.07. The molecule has 2 aromatic rings. The first-order valence-electron chi connectivity index (χ1n) is 9.42. The van der Waals surface area contributed by atoms with E-state index >= 15 is 0 Å². The minimum absolute atomic E-state index is 0.157. The summed E-state index contributed by atoms with van der Waals surface area (Å²) in [5.74, 6) is 2.02. The van der Waals surface area contributed by atoms with Crippen LogP contribution in [0.3, 0.4) is 0 Å². The van der Waals surface area contributed by atoms with Gasteiger partial charge in [0.15, 0.2) is 5.76 Å². The van der Waals surface area contributed by atoms with Gasteiger partial charge < -0.3 is 9.84 Å². The van der Waals surface area contributed by atoms with Crippen LogP contribution < -0.4 is 4.74 Å². The lowest BCUT2D eigenvalue weighted by molar-refractivity contribution is 0.101. The van der Waals surface area contributed by atoms with Crippen molar-refractivity contribution in [2.75, 3.05) is 13.1 Å². The smallest absolute Gasteiger partial charge is 0.231 e. The molecular formula is C22H24N2O3. The van der Waals surface area contributed by atoms with E-state index in [0.717, 1.165) is 18.7 Å². The van der Waals surface area contributed by atoms with Crippen LogP contribution in [0.4, 0.5) is 0 Å². The Bertz CT molecular complexity index is 882. The van der Waals surface area contributed by atoms with Crippen LogP contribution in [-0.2, 0) is 6.54 Å². The third kappa shape index (κ3) is 3.60. The molecule has 4 rings (SSSR count). The van der Waals surface area contributed by atoms with Crippen molar-refractivity contribution in [3.8, 4) is 11.5 Å². The molecule has 27 heavy (non-hydrogen) atoms. The Kier molecular flexibility index (Phi) is 4.70. The Morgan fingerprint density at radius 1 is 1.26 bits per heavy atom. The maximum Gasteiger partial charge on any atom is 0.231 e. The minimum atomic E-state index is -0.157. The van der Waals surface area contributed by atoms with Crippen molar-refractivity contribution < 1.29 is 14.6 Å². The lowest BCUT2D eigenvalue weighted by Gasteiger charge is -2.35. The number of Topliss-reactive ketones (excluding diaryl/α,β-unsaturated/α-hetero) is 1. The normalized spacial score (nSPS) is 24.1. The number of phenols is 1. The fraction of sp³-hybridized carbons (Fsp3) is 0.364. The Morgan fingerprint density at radius 3 is 2.74 bits per heavy atom. The largest absolute Gasteiger partial charge is 0.507 e. The molecule has 0 spiro atoms. The van der Waals surface area contributed by atoms with Crippen LogP contribution in [0.2, 0.25) is 0 Å². The van der Waals surface area contributed by atoms with Gasteiger partial charge in [-0.15, -0.1) is 0 Å². The molecule has 2 aliphatic heterocycles. The summed E-state index contributed by atoms with van der Waals surface area (Å²) >= 11 is 0. The fourth-order valence-electron chi connectivity index (χ4n) is 4.21. The molecule has 1 N–H and O–H groups in total. The molecule has 0 aliphatic carbocycles. The number of hydrogen-bond donors (Lipinski definition) is 1. The van der Waals surface area contributed by atoms with E-state index in [9.17, 15) is 9.90 Å². The first-order chi connectivity index (χ1) is 13.0. The van der Waals surface area contributed by atoms with Crippen molar-refractivity contribution in [3.63, 3.8) is 0 Å². The van der Waals surface area contributed by atoms with Crippen LogP contribution in [0.15, 0.2) is 42.4 Å². The maximum absolute atomic E-state index is 12.8. The van der Waals surface area contributed by atoms with Crippen LogP contribution >= 0.6 is 0 Å². The van der Waals surface area contributed by atoms with Gasteiger partial charge in [0.1, 0.15) is 11.5 Å². The van der Waals surface area contributed by atoms with Gasteiger partial charge in [-0.05, 0) is 48.1 Å². The minimum Gasteiger partial charge on any atom is -0.507 e. The van der Waals surface area contributed by atoms with Gasteiger partial charge in [0.25, 0.3) is 0 Å². The molecule has 5 nitrogen and oxygen atoms in total. The molecule has 0 unspecified atom stereocenters. The molecule has 2 atom stereocenters. The zero-order chi connectivity index (χ0) is 19.0. The number of fused-ring (bicyclic) bond motifs is 1. The number of likely N-dealkylation sites (tertiary alicyclic amines) is 1. The van der Waals surface area contributed by atoms with E-state index in [1.54, 1.807) is 30.6 Å². The number of aromatic nitrogens is 1. The van der Waals surface area contributed by atoms with Crippen molar-refractivity contribution in [2.24, 2.45) is 11.8 Å². The van der Waals surface area contributed by atoms with E-state index < -0.39 is 0 Å². The van der Waals surface area contributed by atoms with Gasteiger partial charge in [0, 0.05) is 32.0 Å². The first-order valence-corrected chi connectivity index (χ1v) is 9.42. The summed E-state index contributed by atoms with van der Waals surface area (Å²) in [5.41, 5.74) is 2.01. The molecule has 0 saturated carbocycles. The van der Waals surface area contributed by atoms with Crippen LogP contribution in [0.1, 0.15) is 41.8 Å². The average Bonchev–Trinajstić information content (AvgIpc) is 2.94. The first kappa shape index (κ1) is 17.7. The second kappa shape index (κ2) is 7.16. The number of carbonyl (C=O) groups excluding carboxylic acids is 1. The van der Waals surface area contributed by atoms with Crippen LogP contribution in [0.5, 0.6) is 11.5 Å². The number of ketones is 1. The molecular weight excluding hydrogens is 340 g/mol. The average molecular weight is 364 g/mol. The number of piperidine rings is 1. The van der Waals surface area contributed by atoms with Crippen LogP contribution in [0, 0.1) is 11.8 Å². The zero-order valence-corrected chi connectivity index (χ0v) is 15.7. The predicted octanol–water partition coefficient (Wildman–Crippen LogP) is 3.88. The Labute approximate surface area is 159 Å². The van der Waals surface area contributed by atoms with Gasteiger partial charge in [0.05, 0.1) is 11.1 Å². The highest BCUT2D eigenvalue weighted by Gasteiger charge is 2.32. The number of aromatic hydroxyl groups is 1. The van der Waals surface area contributed by atoms with Gasteiger partial charge in [-0.2, -0.15) is 0 Å². The summed E-state index contributed by atoms with van der Waals surface area (Å²) in [5, 5.41) is 10.5. The molecule has 0 amide bonds. The third-order valence-electron chi connectivity index (χ3n) is 5.22. The standard InChI is InChI=1S/C22H24N2O3/c1-14-8-15(2)12-24(11-14)13-18-19(25)6-5-17-21(26)20(27-22(17)18)9-16-4-3-7-23-10-16/h3-7,9-10,14-15,25H,8,11-13H2,1-2H3/t14-,15-/m0/s1. The second-order valence-corrected chi connectivity index (χ2v) is 7.81. The highest BCUT2D eigenvalue weighted by molar-refractivity contribution is 6.14. The SMILES string of the molecule is C[C@H]1C[C@H](C)CN(Cc2c(O)ccc3c2OC(=Cc2cccnc2)C3=O)C1. The number of ether oxygens (including phenoxy) is 1. The summed E-state index contributed by atoms with van der Waals surface area (Å²) in [7, 11) is 0. The Hall–Kier alpha value is -2.66. The Morgan fingerprint density at radius 2 is 2.04 bits per heavy atom. The molecule has 1 saturated heterocycles. The van der Waals surface area contributed by atoms with Crippen molar-refractivity contribution in [1.82, 2.24) is 9.88 Å². The van der Waals surface area contributed by atoms with E-state index in [1.807, 2.05) is 12.1 Å². The van der Waals surface area contributed by atoms with Gasteiger partial charge in [-0.25, -0.2) is 0 Å². The Balaban J connectivity index is 1.64. The quantitative estimate of drug-likeness (QED) is 0.838. The number of phenolic OH excluding ortho intramolecular Hbond substituents is 1.